The van der Waals surface area contributed by atoms with Crippen molar-refractivity contribution >= 4 is 17.5 Å². The Labute approximate surface area is 141 Å². The third-order valence-electron chi connectivity index (χ3n) is 3.72. The molecule has 0 saturated carbocycles. The molecule has 4 nitrogen and oxygen atoms in total. The molecular formula is C18H21ClN2O2. The maximum Gasteiger partial charge on any atom is 0.234 e. The van der Waals surface area contributed by atoms with Crippen LogP contribution in [0, 0.1) is 0 Å². The molecule has 23 heavy (non-hydrogen) atoms. The summed E-state index contributed by atoms with van der Waals surface area (Å²) in [4.78, 5) is 13.1. The number of carbonyl (C=O) groups is 1. The van der Waals surface area contributed by atoms with Crippen molar-refractivity contribution < 1.29 is 9.53 Å². The van der Waals surface area contributed by atoms with Crippen molar-refractivity contribution in [2.45, 2.75) is 26.1 Å². The zero-order valence-corrected chi connectivity index (χ0v) is 14.1. The Kier molecular flexibility index (Phi) is 6.02. The smallest absolute Gasteiger partial charge is 0.234 e. The molecule has 2 aromatic rings. The second kappa shape index (κ2) is 7.99. The molecule has 2 N–H and O–H groups in total. The van der Waals surface area contributed by atoms with E-state index in [-0.39, 0.29) is 11.9 Å². The molecule has 122 valence electrons. The number of nitrogens with two attached hydrogens (primary N) is 1. The van der Waals surface area contributed by atoms with Crippen LogP contribution in [0.5, 0.6) is 5.75 Å². The number of amides is 1. The van der Waals surface area contributed by atoms with Crippen LogP contribution in [0.3, 0.4) is 0 Å². The lowest BCUT2D eigenvalue weighted by atomic mass is 10.2. The van der Waals surface area contributed by atoms with Crippen LogP contribution in [0.2, 0.25) is 5.02 Å². The Morgan fingerprint density at radius 1 is 1.22 bits per heavy atom. The molecule has 0 fully saturated rings. The number of rotatable bonds is 7. The van der Waals surface area contributed by atoms with Crippen molar-refractivity contribution in [3.63, 3.8) is 0 Å². The quantitative estimate of drug-likeness (QED) is 0.847. The predicted octanol–water partition coefficient (Wildman–Crippen LogP) is 3.22. The van der Waals surface area contributed by atoms with E-state index < -0.39 is 0 Å². The van der Waals surface area contributed by atoms with Crippen LogP contribution >= 0.6 is 11.6 Å². The first-order valence-electron chi connectivity index (χ1n) is 7.41. The largest absolute Gasteiger partial charge is 0.489 e. The van der Waals surface area contributed by atoms with Crippen LogP contribution in [0.15, 0.2) is 48.5 Å². The van der Waals surface area contributed by atoms with Gasteiger partial charge in [0.05, 0.1) is 6.04 Å². The van der Waals surface area contributed by atoms with Gasteiger partial charge in [0.25, 0.3) is 0 Å². The highest BCUT2D eigenvalue weighted by molar-refractivity contribution is 6.30. The van der Waals surface area contributed by atoms with Gasteiger partial charge in [-0.3, -0.25) is 9.69 Å². The second-order valence-electron chi connectivity index (χ2n) is 5.56. The van der Waals surface area contributed by atoms with Crippen molar-refractivity contribution in [3.05, 3.63) is 64.7 Å². The molecule has 2 aromatic carbocycles. The summed E-state index contributed by atoms with van der Waals surface area (Å²) in [5, 5.41) is 0.702. The molecule has 5 heteroatoms. The molecule has 0 heterocycles. The Bertz CT molecular complexity index is 658. The van der Waals surface area contributed by atoms with E-state index in [4.69, 9.17) is 22.1 Å². The van der Waals surface area contributed by atoms with Crippen LogP contribution < -0.4 is 10.5 Å². The molecule has 0 aliphatic carbocycles. The van der Waals surface area contributed by atoms with Crippen LogP contribution in [0.4, 0.5) is 0 Å². The Morgan fingerprint density at radius 3 is 2.52 bits per heavy atom. The molecule has 1 atom stereocenters. The van der Waals surface area contributed by atoms with Gasteiger partial charge < -0.3 is 10.5 Å². The molecule has 0 radical (unpaired) electrons. The van der Waals surface area contributed by atoms with Gasteiger partial charge in [-0.1, -0.05) is 35.9 Å². The summed E-state index contributed by atoms with van der Waals surface area (Å²) >= 11 is 5.95. The van der Waals surface area contributed by atoms with Crippen LogP contribution in [0.1, 0.15) is 18.1 Å². The minimum Gasteiger partial charge on any atom is -0.489 e. The molecule has 0 aliphatic rings. The zero-order valence-electron chi connectivity index (χ0n) is 13.3. The number of likely N-dealkylation sites (N-methyl/N-ethyl adjacent to an activating group) is 1. The number of benzene rings is 2. The minimum atomic E-state index is -0.325. The normalized spacial score (nSPS) is 12.2. The van der Waals surface area contributed by atoms with Gasteiger partial charge in [-0.25, -0.2) is 0 Å². The highest BCUT2D eigenvalue weighted by Gasteiger charge is 2.14. The molecule has 1 unspecified atom stereocenters. The first-order chi connectivity index (χ1) is 11.0. The van der Waals surface area contributed by atoms with Gasteiger partial charge in [-0.2, -0.15) is 0 Å². The minimum absolute atomic E-state index is 0.297. The maximum absolute atomic E-state index is 11.2. The summed E-state index contributed by atoms with van der Waals surface area (Å²) in [6, 6.07) is 15.1. The first kappa shape index (κ1) is 17.3. The lowest BCUT2D eigenvalue weighted by Gasteiger charge is -2.21. The van der Waals surface area contributed by atoms with Gasteiger partial charge in [0.15, 0.2) is 0 Å². The van der Waals surface area contributed by atoms with Crippen LogP contribution in [-0.4, -0.2) is 23.9 Å². The highest BCUT2D eigenvalue weighted by atomic mass is 35.5. The Morgan fingerprint density at radius 2 is 1.91 bits per heavy atom. The fraction of sp³-hybridized carbons (Fsp3) is 0.278. The van der Waals surface area contributed by atoms with Crippen molar-refractivity contribution in [1.82, 2.24) is 4.90 Å². The summed E-state index contributed by atoms with van der Waals surface area (Å²) in [6.45, 7) is 2.92. The number of carbonyl (C=O) groups excluding carboxylic acids is 1. The number of hydrogen-bond acceptors (Lipinski definition) is 3. The standard InChI is InChI=1S/C18H21ClN2O2/c1-13(18(20)22)21(2)11-14-6-8-17(9-7-14)23-12-15-4-3-5-16(19)10-15/h3-10,13H,11-12H2,1-2H3,(H2,20,22). The van der Waals surface area contributed by atoms with E-state index in [0.29, 0.717) is 18.2 Å². The van der Waals surface area contributed by atoms with E-state index in [9.17, 15) is 4.79 Å². The predicted molar refractivity (Wildman–Crippen MR) is 92.3 cm³/mol. The van der Waals surface area contributed by atoms with Crippen molar-refractivity contribution in [1.29, 1.82) is 0 Å². The second-order valence-corrected chi connectivity index (χ2v) is 5.99. The third-order valence-corrected chi connectivity index (χ3v) is 3.96. The van der Waals surface area contributed by atoms with Gasteiger partial charge in [0.1, 0.15) is 12.4 Å². The lowest BCUT2D eigenvalue weighted by Crippen LogP contribution is -2.39. The van der Waals surface area contributed by atoms with E-state index in [1.165, 1.54) is 0 Å². The zero-order chi connectivity index (χ0) is 16.8. The van der Waals surface area contributed by atoms with Gasteiger partial charge >= 0.3 is 0 Å². The summed E-state index contributed by atoms with van der Waals surface area (Å²) in [6.07, 6.45) is 0. The molecule has 2 rings (SSSR count). The van der Waals surface area contributed by atoms with E-state index >= 15 is 0 Å². The Hall–Kier alpha value is -2.04. The van der Waals surface area contributed by atoms with E-state index in [1.807, 2.05) is 60.5 Å². The molecule has 0 saturated heterocycles. The number of hydrogen-bond donors (Lipinski definition) is 1. The average molecular weight is 333 g/mol. The van der Waals surface area contributed by atoms with E-state index in [0.717, 1.165) is 16.9 Å². The Balaban J connectivity index is 1.90. The van der Waals surface area contributed by atoms with Crippen molar-refractivity contribution in [2.75, 3.05) is 7.05 Å². The number of primary amides is 1. The summed E-state index contributed by atoms with van der Waals surface area (Å²) in [5.41, 5.74) is 7.43. The topological polar surface area (TPSA) is 55.6 Å². The number of ether oxygens (including phenoxy) is 1. The summed E-state index contributed by atoms with van der Waals surface area (Å²) in [5.74, 6) is 0.466. The molecular weight excluding hydrogens is 312 g/mol. The van der Waals surface area contributed by atoms with E-state index in [2.05, 4.69) is 0 Å². The number of nitrogens with zero attached hydrogens (tertiary/aromatic N) is 1. The van der Waals surface area contributed by atoms with Crippen LogP contribution in [0.25, 0.3) is 0 Å². The fourth-order valence-corrected chi connectivity index (χ4v) is 2.34. The average Bonchev–Trinajstić information content (AvgIpc) is 2.53. The molecule has 1 amide bonds. The number of halogens is 1. The van der Waals surface area contributed by atoms with Crippen molar-refractivity contribution in [3.8, 4) is 5.75 Å². The van der Waals surface area contributed by atoms with E-state index in [1.54, 1.807) is 6.92 Å². The summed E-state index contributed by atoms with van der Waals surface area (Å²) < 4.78 is 5.75. The maximum atomic E-state index is 11.2. The lowest BCUT2D eigenvalue weighted by molar-refractivity contribution is -0.122. The van der Waals surface area contributed by atoms with Crippen molar-refractivity contribution in [2.24, 2.45) is 5.73 Å². The van der Waals surface area contributed by atoms with Gasteiger partial charge in [0, 0.05) is 11.6 Å². The van der Waals surface area contributed by atoms with Crippen LogP contribution in [-0.2, 0) is 17.9 Å². The third kappa shape index (κ3) is 5.27. The monoisotopic (exact) mass is 332 g/mol. The molecule has 0 aromatic heterocycles. The molecule has 0 bridgehead atoms. The summed E-state index contributed by atoms with van der Waals surface area (Å²) in [7, 11) is 1.87. The molecule has 0 spiro atoms. The SMILES string of the molecule is CC(C(N)=O)N(C)Cc1ccc(OCc2cccc(Cl)c2)cc1. The van der Waals surface area contributed by atoms with Gasteiger partial charge in [-0.15, -0.1) is 0 Å². The van der Waals surface area contributed by atoms with Gasteiger partial charge in [-0.05, 0) is 49.4 Å². The fourth-order valence-electron chi connectivity index (χ4n) is 2.13. The molecule has 0 aliphatic heterocycles. The van der Waals surface area contributed by atoms with Gasteiger partial charge in [0.2, 0.25) is 5.91 Å². The highest BCUT2D eigenvalue weighted by Crippen LogP contribution is 2.17. The first-order valence-corrected chi connectivity index (χ1v) is 7.79.